The Morgan fingerprint density at radius 1 is 0.969 bits per heavy atom. The van der Waals surface area contributed by atoms with E-state index in [1.54, 1.807) is 38.1 Å². The second-order valence-corrected chi connectivity index (χ2v) is 8.54. The van der Waals surface area contributed by atoms with Crippen molar-refractivity contribution in [1.29, 1.82) is 0 Å². The largest absolute Gasteiger partial charge is 0.493 e. The number of nitrogens with one attached hydrogen (secondary N) is 2. The molecule has 2 aromatic carbocycles. The van der Waals surface area contributed by atoms with Crippen LogP contribution in [0.1, 0.15) is 28.7 Å². The van der Waals surface area contributed by atoms with E-state index in [1.807, 2.05) is 6.92 Å². The van der Waals surface area contributed by atoms with Crippen LogP contribution < -0.4 is 19.5 Å². The minimum Gasteiger partial charge on any atom is -0.493 e. The normalized spacial score (nSPS) is 11.0. The van der Waals surface area contributed by atoms with Gasteiger partial charge in [-0.1, -0.05) is 0 Å². The summed E-state index contributed by atoms with van der Waals surface area (Å²) in [5.74, 6) is 0.620. The van der Waals surface area contributed by atoms with E-state index in [2.05, 4.69) is 20.0 Å². The molecule has 3 rings (SSSR count). The Balaban J connectivity index is 1.73. The molecule has 0 spiro atoms. The van der Waals surface area contributed by atoms with Crippen LogP contribution in [0, 0.1) is 13.8 Å². The highest BCUT2D eigenvalue weighted by Gasteiger charge is 2.17. The van der Waals surface area contributed by atoms with Crippen molar-refractivity contribution in [1.82, 2.24) is 9.97 Å². The molecule has 0 saturated heterocycles. The van der Waals surface area contributed by atoms with E-state index in [1.165, 1.54) is 31.4 Å². The van der Waals surface area contributed by atoms with Crippen LogP contribution in [0.25, 0.3) is 0 Å². The van der Waals surface area contributed by atoms with Crippen molar-refractivity contribution in [2.45, 2.75) is 25.7 Å². The smallest absolute Gasteiger partial charge is 0.264 e. The fourth-order valence-electron chi connectivity index (χ4n) is 2.95. The van der Waals surface area contributed by atoms with Crippen molar-refractivity contribution < 1.29 is 22.7 Å². The third-order valence-electron chi connectivity index (χ3n) is 4.36. The number of rotatable bonds is 8. The van der Waals surface area contributed by atoms with Crippen molar-refractivity contribution in [2.75, 3.05) is 23.8 Å². The summed E-state index contributed by atoms with van der Waals surface area (Å²) in [4.78, 5) is 20.8. The van der Waals surface area contributed by atoms with Crippen molar-refractivity contribution in [3.63, 3.8) is 0 Å². The minimum absolute atomic E-state index is 0.00401. The summed E-state index contributed by atoms with van der Waals surface area (Å²) in [5, 5.41) is 2.73. The van der Waals surface area contributed by atoms with Gasteiger partial charge >= 0.3 is 0 Å². The van der Waals surface area contributed by atoms with E-state index in [9.17, 15) is 13.2 Å². The number of sulfonamides is 1. The number of amides is 1. The molecular weight excluding hydrogens is 432 g/mol. The predicted molar refractivity (Wildman–Crippen MR) is 121 cm³/mol. The van der Waals surface area contributed by atoms with Gasteiger partial charge in [-0.2, -0.15) is 0 Å². The third kappa shape index (κ3) is 5.52. The van der Waals surface area contributed by atoms with Gasteiger partial charge < -0.3 is 14.8 Å². The molecule has 0 bridgehead atoms. The van der Waals surface area contributed by atoms with Crippen molar-refractivity contribution in [3.8, 4) is 11.5 Å². The van der Waals surface area contributed by atoms with E-state index in [0.29, 0.717) is 40.7 Å². The number of ether oxygens (including phenoxy) is 2. The highest BCUT2D eigenvalue weighted by Crippen LogP contribution is 2.28. The second-order valence-electron chi connectivity index (χ2n) is 6.86. The summed E-state index contributed by atoms with van der Waals surface area (Å²) in [7, 11) is -2.39. The van der Waals surface area contributed by atoms with Gasteiger partial charge in [0.05, 0.1) is 18.6 Å². The van der Waals surface area contributed by atoms with Gasteiger partial charge in [0.1, 0.15) is 0 Å². The topological polar surface area (TPSA) is 120 Å². The molecule has 1 heterocycles. The Hall–Kier alpha value is -3.66. The van der Waals surface area contributed by atoms with E-state index < -0.39 is 10.0 Å². The van der Waals surface area contributed by atoms with Gasteiger partial charge in [0.25, 0.3) is 15.9 Å². The summed E-state index contributed by atoms with van der Waals surface area (Å²) < 4.78 is 38.3. The number of nitrogens with zero attached hydrogens (tertiary/aromatic N) is 2. The lowest BCUT2D eigenvalue weighted by Gasteiger charge is -2.12. The zero-order valence-corrected chi connectivity index (χ0v) is 19.0. The average Bonchev–Trinajstić information content (AvgIpc) is 2.73. The van der Waals surface area contributed by atoms with Gasteiger partial charge in [-0.05, 0) is 69.3 Å². The van der Waals surface area contributed by atoms with Gasteiger partial charge in [0, 0.05) is 22.6 Å². The molecule has 3 aromatic rings. The maximum absolute atomic E-state index is 12.6. The number of hydrogen-bond acceptors (Lipinski definition) is 7. The SMILES string of the molecule is CCOc1ccc(C(=O)Nc2ccc(S(=O)(=O)Nc3nc(C)cc(C)n3)cc2)cc1OC. The number of carbonyl (C=O) groups is 1. The fourth-order valence-corrected chi connectivity index (χ4v) is 3.90. The Labute approximate surface area is 186 Å². The van der Waals surface area contributed by atoms with Gasteiger partial charge in [0.2, 0.25) is 5.95 Å². The lowest BCUT2D eigenvalue weighted by Crippen LogP contribution is -2.16. The molecule has 10 heteroatoms. The van der Waals surface area contributed by atoms with Gasteiger partial charge in [-0.25, -0.2) is 23.1 Å². The first kappa shape index (κ1) is 23.0. The highest BCUT2D eigenvalue weighted by atomic mass is 32.2. The zero-order valence-electron chi connectivity index (χ0n) is 18.2. The maximum atomic E-state index is 12.6. The molecular formula is C22H24N4O5S. The molecule has 0 unspecified atom stereocenters. The number of methoxy groups -OCH3 is 1. The highest BCUT2D eigenvalue weighted by molar-refractivity contribution is 7.92. The first-order chi connectivity index (χ1) is 15.2. The van der Waals surface area contributed by atoms with E-state index >= 15 is 0 Å². The number of carbonyl (C=O) groups excluding carboxylic acids is 1. The van der Waals surface area contributed by atoms with Gasteiger partial charge in [-0.15, -0.1) is 0 Å². The van der Waals surface area contributed by atoms with Crippen LogP contribution in [-0.4, -0.2) is 38.0 Å². The minimum atomic E-state index is -3.88. The summed E-state index contributed by atoms with van der Waals surface area (Å²) in [5.41, 5.74) is 2.11. The number of benzene rings is 2. The summed E-state index contributed by atoms with van der Waals surface area (Å²) >= 11 is 0. The summed E-state index contributed by atoms with van der Waals surface area (Å²) in [6.07, 6.45) is 0. The number of anilines is 2. The molecule has 32 heavy (non-hydrogen) atoms. The molecule has 1 aromatic heterocycles. The Bertz CT molecular complexity index is 1210. The Kier molecular flexibility index (Phi) is 6.94. The predicted octanol–water partition coefficient (Wildman–Crippen LogP) is 3.55. The molecule has 0 atom stereocenters. The standard InChI is InChI=1S/C22H24N4O5S/c1-5-31-19-11-6-16(13-20(19)30-4)21(27)25-17-7-9-18(10-8-17)32(28,29)26-22-23-14(2)12-15(3)24-22/h6-13H,5H2,1-4H3,(H,25,27)(H,23,24,26). The first-order valence-corrected chi connectivity index (χ1v) is 11.3. The molecule has 1 amide bonds. The molecule has 9 nitrogen and oxygen atoms in total. The lowest BCUT2D eigenvalue weighted by molar-refractivity contribution is 0.102. The van der Waals surface area contributed by atoms with E-state index in [4.69, 9.17) is 9.47 Å². The molecule has 0 aliphatic carbocycles. The molecule has 0 fully saturated rings. The number of aromatic nitrogens is 2. The third-order valence-corrected chi connectivity index (χ3v) is 5.70. The van der Waals surface area contributed by atoms with Crippen LogP contribution in [-0.2, 0) is 10.0 Å². The van der Waals surface area contributed by atoms with E-state index in [0.717, 1.165) is 0 Å². The summed E-state index contributed by atoms with van der Waals surface area (Å²) in [6, 6.07) is 12.4. The van der Waals surface area contributed by atoms with Crippen LogP contribution in [0.2, 0.25) is 0 Å². The lowest BCUT2D eigenvalue weighted by atomic mass is 10.2. The number of hydrogen-bond donors (Lipinski definition) is 2. The quantitative estimate of drug-likeness (QED) is 0.532. The van der Waals surface area contributed by atoms with Crippen molar-refractivity contribution in [3.05, 3.63) is 65.5 Å². The van der Waals surface area contributed by atoms with Gasteiger partial charge in [0.15, 0.2) is 11.5 Å². The number of aryl methyl sites for hydroxylation is 2. The molecule has 168 valence electrons. The average molecular weight is 457 g/mol. The monoisotopic (exact) mass is 456 g/mol. The van der Waals surface area contributed by atoms with Crippen LogP contribution in [0.5, 0.6) is 11.5 Å². The molecule has 0 radical (unpaired) electrons. The van der Waals surface area contributed by atoms with Crippen molar-refractivity contribution in [2.24, 2.45) is 0 Å². The van der Waals surface area contributed by atoms with Gasteiger partial charge in [-0.3, -0.25) is 4.79 Å². The van der Waals surface area contributed by atoms with Crippen LogP contribution in [0.4, 0.5) is 11.6 Å². The molecule has 0 aliphatic rings. The van der Waals surface area contributed by atoms with Crippen LogP contribution in [0.3, 0.4) is 0 Å². The maximum Gasteiger partial charge on any atom is 0.264 e. The molecule has 2 N–H and O–H groups in total. The molecule has 0 aliphatic heterocycles. The first-order valence-electron chi connectivity index (χ1n) is 9.79. The Morgan fingerprint density at radius 2 is 1.62 bits per heavy atom. The fraction of sp³-hybridized carbons (Fsp3) is 0.227. The van der Waals surface area contributed by atoms with Crippen molar-refractivity contribution >= 4 is 27.6 Å². The zero-order chi connectivity index (χ0) is 23.3. The van der Waals surface area contributed by atoms with E-state index in [-0.39, 0.29) is 16.8 Å². The second kappa shape index (κ2) is 9.65. The molecule has 0 saturated carbocycles. The van der Waals surface area contributed by atoms with Crippen LogP contribution >= 0.6 is 0 Å². The Morgan fingerprint density at radius 3 is 2.22 bits per heavy atom. The van der Waals surface area contributed by atoms with Crippen LogP contribution in [0.15, 0.2) is 53.4 Å². The summed E-state index contributed by atoms with van der Waals surface area (Å²) in [6.45, 7) is 5.84.